The molecule has 2 saturated heterocycles. The van der Waals surface area contributed by atoms with Crippen LogP contribution >= 0.6 is 11.6 Å². The Kier molecular flexibility index (Phi) is 11.0. The van der Waals surface area contributed by atoms with Crippen molar-refractivity contribution < 1.29 is 23.1 Å². The fraction of sp³-hybridized carbons (Fsp3) is 0.486. The summed E-state index contributed by atoms with van der Waals surface area (Å²) < 4.78 is 35.7. The number of ether oxygens (including phenoxy) is 1. The van der Waals surface area contributed by atoms with Crippen LogP contribution in [0.5, 0.6) is 5.75 Å². The minimum absolute atomic E-state index is 0.0751. The van der Waals surface area contributed by atoms with Gasteiger partial charge in [-0.1, -0.05) is 25.1 Å². The first-order valence-electron chi connectivity index (χ1n) is 16.4. The number of rotatable bonds is 6. The predicted octanol–water partition coefficient (Wildman–Crippen LogP) is 4.84. The number of halogens is 3. The van der Waals surface area contributed by atoms with Crippen molar-refractivity contribution in [2.45, 2.75) is 58.7 Å². The van der Waals surface area contributed by atoms with Crippen molar-refractivity contribution in [2.75, 3.05) is 44.2 Å². The first kappa shape index (κ1) is 35.3. The average Bonchev–Trinajstić information content (AvgIpc) is 3.87. The van der Waals surface area contributed by atoms with E-state index in [1.54, 1.807) is 11.0 Å². The first-order valence-corrected chi connectivity index (χ1v) is 16.8. The molecular weight excluding hydrogens is 642 g/mol. The van der Waals surface area contributed by atoms with E-state index < -0.39 is 17.3 Å². The number of likely N-dealkylation sites (tertiary alicyclic amines) is 1. The first-order chi connectivity index (χ1) is 23.0. The summed E-state index contributed by atoms with van der Waals surface area (Å²) in [5.41, 5.74) is 4.49. The van der Waals surface area contributed by atoms with Crippen molar-refractivity contribution in [3.8, 4) is 16.9 Å². The van der Waals surface area contributed by atoms with Gasteiger partial charge in [-0.25, -0.2) is 13.6 Å². The van der Waals surface area contributed by atoms with E-state index in [9.17, 15) is 18.4 Å². The third-order valence-corrected chi connectivity index (χ3v) is 9.74. The largest absolute Gasteiger partial charge is 0.489 e. The maximum absolute atomic E-state index is 14.7. The minimum atomic E-state index is -0.787. The Morgan fingerprint density at radius 2 is 1.83 bits per heavy atom. The zero-order valence-electron chi connectivity index (χ0n) is 27.6. The summed E-state index contributed by atoms with van der Waals surface area (Å²) in [6.45, 7) is 15.2. The molecule has 1 saturated carbocycles. The van der Waals surface area contributed by atoms with Crippen molar-refractivity contribution in [2.24, 2.45) is 17.6 Å². The smallest absolute Gasteiger partial charge is 0.350 e. The van der Waals surface area contributed by atoms with Gasteiger partial charge in [-0.3, -0.25) is 14.2 Å². The van der Waals surface area contributed by atoms with Gasteiger partial charge < -0.3 is 25.2 Å². The molecule has 2 atom stereocenters. The average molecular weight is 685 g/mol. The molecule has 2 N–H and O–H groups in total. The highest BCUT2D eigenvalue weighted by Gasteiger charge is 2.38. The maximum atomic E-state index is 14.7. The number of nitrogens with zero attached hydrogens (tertiary/aromatic N) is 5. The SMILES string of the molecule is C=CC(=O)N1CC(C)N(c2nc(=O)n3c4c(c(-c5ccc(F)cc5F)c(Cl)cc24)OCC3)C[C@H]1C.CCCN1CC(C2CC2)C1.NC=O. The molecular formula is C35H43ClF2N6O4. The molecule has 3 fully saturated rings. The van der Waals surface area contributed by atoms with Gasteiger partial charge in [0.05, 0.1) is 17.1 Å². The highest BCUT2D eigenvalue weighted by molar-refractivity contribution is 6.35. The number of anilines is 1. The topological polar surface area (TPSA) is 114 Å². The highest BCUT2D eigenvalue weighted by Crippen LogP contribution is 2.46. The number of hydrogen-bond acceptors (Lipinski definition) is 7. The lowest BCUT2D eigenvalue weighted by atomic mass is 9.95. The second-order valence-electron chi connectivity index (χ2n) is 12.8. The summed E-state index contributed by atoms with van der Waals surface area (Å²) >= 11 is 6.67. The van der Waals surface area contributed by atoms with Crippen LogP contribution in [0.15, 0.2) is 41.7 Å². The van der Waals surface area contributed by atoms with E-state index in [2.05, 4.69) is 29.1 Å². The highest BCUT2D eigenvalue weighted by atomic mass is 35.5. The lowest BCUT2D eigenvalue weighted by Gasteiger charge is -2.44. The van der Waals surface area contributed by atoms with Crippen LogP contribution < -0.4 is 21.1 Å². The zero-order valence-corrected chi connectivity index (χ0v) is 28.4. The number of carbonyl (C=O) groups excluding carboxylic acids is 2. The number of benzene rings is 2. The van der Waals surface area contributed by atoms with Crippen LogP contribution in [0, 0.1) is 23.5 Å². The molecule has 10 nitrogen and oxygen atoms in total. The fourth-order valence-electron chi connectivity index (χ4n) is 6.93. The fourth-order valence-corrected chi connectivity index (χ4v) is 7.23. The van der Waals surface area contributed by atoms with Crippen LogP contribution in [0.3, 0.4) is 0 Å². The number of nitrogens with two attached hydrogens (primary N) is 1. The molecule has 0 radical (unpaired) electrons. The lowest BCUT2D eigenvalue weighted by molar-refractivity contribution is -0.128. The molecule has 4 heterocycles. The van der Waals surface area contributed by atoms with Gasteiger partial charge in [0.15, 0.2) is 5.75 Å². The Morgan fingerprint density at radius 3 is 2.46 bits per heavy atom. The Hall–Kier alpha value is -4.03. The zero-order chi connectivity index (χ0) is 34.7. The monoisotopic (exact) mass is 684 g/mol. The third kappa shape index (κ3) is 7.19. The molecule has 258 valence electrons. The van der Waals surface area contributed by atoms with E-state index in [4.69, 9.17) is 21.1 Å². The molecule has 13 heteroatoms. The van der Waals surface area contributed by atoms with Crippen LogP contribution in [0.2, 0.25) is 5.02 Å². The Bertz CT molecular complexity index is 1740. The molecule has 2 amide bonds. The Morgan fingerprint density at radius 1 is 1.12 bits per heavy atom. The summed E-state index contributed by atoms with van der Waals surface area (Å²) in [5.74, 6) is 1.27. The van der Waals surface area contributed by atoms with Gasteiger partial charge in [0.25, 0.3) is 0 Å². The van der Waals surface area contributed by atoms with Crippen LogP contribution in [0.25, 0.3) is 22.0 Å². The summed E-state index contributed by atoms with van der Waals surface area (Å²) in [7, 11) is 0. The number of carbonyl (C=O) groups is 2. The summed E-state index contributed by atoms with van der Waals surface area (Å²) in [6, 6.07) is 4.57. The Labute approximate surface area is 284 Å². The molecule has 7 rings (SSSR count). The standard InChI is InChI=1S/C25H23ClF2N4O3.C9H17N.CH3NO/c1-4-20(33)31-11-14(3)32(12-13(31)2)24-17-10-18(26)21(16-6-5-15(27)9-19(16)28)23-22(17)30(7-8-35-23)25(34)29-24;1-2-5-10-6-9(7-10)8-3-4-8;2-1-3/h4-6,9-10,13-14H,1,7-8,11-12H2,2-3H3;8-9H,2-7H2,1H3;1H,(H2,2,3)/t13-,14?;;/m1../s1. The van der Waals surface area contributed by atoms with Gasteiger partial charge in [0, 0.05) is 60.8 Å². The van der Waals surface area contributed by atoms with Gasteiger partial charge in [0.2, 0.25) is 12.3 Å². The van der Waals surface area contributed by atoms with Crippen LogP contribution in [-0.2, 0) is 16.1 Å². The van der Waals surface area contributed by atoms with Crippen molar-refractivity contribution in [1.29, 1.82) is 0 Å². The number of amides is 2. The number of primary amides is 1. The van der Waals surface area contributed by atoms with Gasteiger partial charge in [-0.05, 0) is 75.8 Å². The van der Waals surface area contributed by atoms with E-state index in [0.29, 0.717) is 29.8 Å². The van der Waals surface area contributed by atoms with Crippen LogP contribution in [0.1, 0.15) is 40.0 Å². The molecule has 1 unspecified atom stereocenters. The second-order valence-corrected chi connectivity index (χ2v) is 13.2. The van der Waals surface area contributed by atoms with Crippen molar-refractivity contribution in [3.63, 3.8) is 0 Å². The summed E-state index contributed by atoms with van der Waals surface area (Å²) in [5, 5.41) is 0.771. The summed E-state index contributed by atoms with van der Waals surface area (Å²) in [4.78, 5) is 44.6. The van der Waals surface area contributed by atoms with Crippen LogP contribution in [0.4, 0.5) is 14.6 Å². The normalized spacial score (nSPS) is 20.5. The van der Waals surface area contributed by atoms with Crippen molar-refractivity contribution in [3.05, 3.63) is 64.1 Å². The molecule has 4 aliphatic rings. The molecule has 0 spiro atoms. The lowest BCUT2D eigenvalue weighted by Crippen LogP contribution is -2.58. The quantitative estimate of drug-likeness (QED) is 0.292. The minimum Gasteiger partial charge on any atom is -0.489 e. The van der Waals surface area contributed by atoms with Gasteiger partial charge in [-0.2, -0.15) is 4.98 Å². The van der Waals surface area contributed by atoms with E-state index >= 15 is 0 Å². The molecule has 1 aliphatic carbocycles. The molecule has 3 aromatic rings. The second kappa shape index (κ2) is 15.0. The molecule has 48 heavy (non-hydrogen) atoms. The Balaban J connectivity index is 0.000000289. The van der Waals surface area contributed by atoms with Crippen LogP contribution in [-0.4, -0.2) is 83.1 Å². The van der Waals surface area contributed by atoms with E-state index in [0.717, 1.165) is 24.0 Å². The predicted molar refractivity (Wildman–Crippen MR) is 183 cm³/mol. The third-order valence-electron chi connectivity index (χ3n) is 9.44. The number of piperazine rings is 1. The van der Waals surface area contributed by atoms with E-state index in [1.165, 1.54) is 55.6 Å². The number of aromatic nitrogens is 2. The molecule has 2 aromatic carbocycles. The van der Waals surface area contributed by atoms with E-state index in [-0.39, 0.29) is 59.5 Å². The molecule has 3 aliphatic heterocycles. The van der Waals surface area contributed by atoms with Gasteiger partial charge >= 0.3 is 5.69 Å². The van der Waals surface area contributed by atoms with E-state index in [1.807, 2.05) is 18.7 Å². The maximum Gasteiger partial charge on any atom is 0.350 e. The molecule has 0 bridgehead atoms. The van der Waals surface area contributed by atoms with Crippen molar-refractivity contribution >= 4 is 40.6 Å². The summed E-state index contributed by atoms with van der Waals surface area (Å²) in [6.07, 6.45) is 5.94. The van der Waals surface area contributed by atoms with Gasteiger partial charge in [0.1, 0.15) is 24.1 Å². The number of hydrogen-bond donors (Lipinski definition) is 1. The van der Waals surface area contributed by atoms with Gasteiger partial charge in [-0.15, -0.1) is 0 Å². The molecule has 1 aromatic heterocycles. The van der Waals surface area contributed by atoms with Crippen molar-refractivity contribution in [1.82, 2.24) is 19.4 Å².